The third-order valence-electron chi connectivity index (χ3n) is 14.5. The van der Waals surface area contributed by atoms with Crippen molar-refractivity contribution in [1.29, 1.82) is 0 Å². The van der Waals surface area contributed by atoms with Gasteiger partial charge in [-0.25, -0.2) is 0 Å². The molecule has 0 aromatic heterocycles. The van der Waals surface area contributed by atoms with Gasteiger partial charge in [-0.15, -0.1) is 0 Å². The maximum atomic E-state index is 12.5. The number of amides is 1. The monoisotopic (exact) mass is 1050 g/mol. The Bertz CT molecular complexity index is 1470. The number of aliphatic hydroxyl groups excluding tert-OH is 2. The highest BCUT2D eigenvalue weighted by Crippen LogP contribution is 2.17. The minimum Gasteiger partial charge on any atom is -0.394 e. The van der Waals surface area contributed by atoms with Crippen molar-refractivity contribution < 1.29 is 15.0 Å². The third-order valence-corrected chi connectivity index (χ3v) is 14.5. The van der Waals surface area contributed by atoms with Gasteiger partial charge >= 0.3 is 0 Å². The standard InChI is InChI=1S/C72H125NO3/c1-3-5-7-9-11-13-15-17-19-21-23-25-27-29-31-33-35-36-38-40-42-44-46-48-50-52-54-56-58-60-62-64-66-68-72(76)73-70(69-74)71(75)67-65-63-61-59-57-55-53-51-49-47-45-43-41-39-37-34-32-30-28-26-24-22-20-18-16-14-12-10-8-6-4-2/h5,7,11,13,17,19,23,25,29,31,35-36,40,42,46,48,52,54,65,67,70-71,74-75H,3-4,6,8-10,12,14-16,18,20-22,24,26-28,30,32-34,37-39,41,43-45,47,49-51,53,55-64,66,68-69H2,1-2H3,(H,73,76)/b7-5-,13-11-,19-17-,25-23-,31-29-,36-35-,42-40-,48-46-,54-52-,67-65+. The van der Waals surface area contributed by atoms with Crippen LogP contribution in [0.5, 0.6) is 0 Å². The Hall–Kier alpha value is -3.21. The summed E-state index contributed by atoms with van der Waals surface area (Å²) in [5, 5.41) is 23.3. The summed E-state index contributed by atoms with van der Waals surface area (Å²) in [5.41, 5.74) is 0. The molecular formula is C72H125NO3. The number of aliphatic hydroxyl groups is 2. The highest BCUT2D eigenvalue weighted by atomic mass is 16.3. The first-order valence-corrected chi connectivity index (χ1v) is 32.7. The van der Waals surface area contributed by atoms with Crippen LogP contribution in [0, 0.1) is 0 Å². The molecule has 0 bridgehead atoms. The topological polar surface area (TPSA) is 69.6 Å². The second-order valence-corrected chi connectivity index (χ2v) is 21.8. The molecule has 0 heterocycles. The number of hydrogen-bond acceptors (Lipinski definition) is 3. The number of rotatable bonds is 59. The molecule has 0 aliphatic carbocycles. The number of carbonyl (C=O) groups is 1. The van der Waals surface area contributed by atoms with Gasteiger partial charge in [-0.2, -0.15) is 0 Å². The molecule has 0 saturated heterocycles. The molecule has 0 saturated carbocycles. The van der Waals surface area contributed by atoms with E-state index in [2.05, 4.69) is 129 Å². The van der Waals surface area contributed by atoms with Crippen molar-refractivity contribution in [1.82, 2.24) is 5.32 Å². The Balaban J connectivity index is 3.58. The van der Waals surface area contributed by atoms with Gasteiger partial charge in [-0.05, 0) is 89.9 Å². The molecule has 0 aromatic rings. The van der Waals surface area contributed by atoms with Gasteiger partial charge in [0.1, 0.15) is 0 Å². The number of allylic oxidation sites excluding steroid dienone is 19. The summed E-state index contributed by atoms with van der Waals surface area (Å²) in [7, 11) is 0. The zero-order chi connectivity index (χ0) is 54.8. The van der Waals surface area contributed by atoms with Gasteiger partial charge in [0.05, 0.1) is 18.8 Å². The fourth-order valence-electron chi connectivity index (χ4n) is 9.53. The first kappa shape index (κ1) is 72.8. The van der Waals surface area contributed by atoms with Crippen LogP contribution in [0.25, 0.3) is 0 Å². The van der Waals surface area contributed by atoms with Crippen LogP contribution in [0.1, 0.15) is 309 Å². The van der Waals surface area contributed by atoms with Crippen LogP contribution in [-0.4, -0.2) is 34.9 Å². The smallest absolute Gasteiger partial charge is 0.220 e. The fraction of sp³-hybridized carbons (Fsp3) is 0.708. The molecule has 0 rings (SSSR count). The average Bonchev–Trinajstić information content (AvgIpc) is 3.42. The first-order chi connectivity index (χ1) is 37.7. The first-order valence-electron chi connectivity index (χ1n) is 32.7. The van der Waals surface area contributed by atoms with Crippen molar-refractivity contribution in [3.05, 3.63) is 122 Å². The molecule has 0 aliphatic rings. The summed E-state index contributed by atoms with van der Waals surface area (Å²) in [6, 6.07) is -0.644. The zero-order valence-corrected chi connectivity index (χ0v) is 50.2. The number of unbranched alkanes of at least 4 members (excludes halogenated alkanes) is 34. The number of hydrogen-bond donors (Lipinski definition) is 3. The SMILES string of the molecule is CC/C=C\C/C=C\C/C=C\C/C=C\C/C=C\C/C=C\C/C=C\C/C=C\C/C=C\CCCCCCCC(=O)NC(CO)C(O)/C=C/CCCCCCCCCCCCCCCCCCCCCCCCCCCCCCC. The van der Waals surface area contributed by atoms with Gasteiger partial charge in [-0.1, -0.05) is 334 Å². The van der Waals surface area contributed by atoms with E-state index in [1.165, 1.54) is 193 Å². The summed E-state index contributed by atoms with van der Waals surface area (Å²) in [5.74, 6) is -0.0845. The molecule has 0 spiro atoms. The van der Waals surface area contributed by atoms with E-state index >= 15 is 0 Å². The van der Waals surface area contributed by atoms with Crippen LogP contribution >= 0.6 is 0 Å². The minimum absolute atomic E-state index is 0.0845. The van der Waals surface area contributed by atoms with E-state index in [9.17, 15) is 15.0 Å². The lowest BCUT2D eigenvalue weighted by atomic mass is 10.0. The Morgan fingerprint density at radius 1 is 0.329 bits per heavy atom. The van der Waals surface area contributed by atoms with E-state index in [-0.39, 0.29) is 12.5 Å². The van der Waals surface area contributed by atoms with Crippen LogP contribution in [0.2, 0.25) is 0 Å². The molecule has 0 aliphatic heterocycles. The summed E-state index contributed by atoms with van der Waals surface area (Å²) in [6.45, 7) is 4.21. The second-order valence-electron chi connectivity index (χ2n) is 21.8. The highest BCUT2D eigenvalue weighted by molar-refractivity contribution is 5.76. The predicted molar refractivity (Wildman–Crippen MR) is 340 cm³/mol. The minimum atomic E-state index is -0.859. The molecule has 0 radical (unpaired) electrons. The summed E-state index contributed by atoms with van der Waals surface area (Å²) in [6.07, 6.45) is 101. The average molecular weight is 1050 g/mol. The van der Waals surface area contributed by atoms with E-state index < -0.39 is 12.1 Å². The van der Waals surface area contributed by atoms with Gasteiger partial charge in [0.15, 0.2) is 0 Å². The third kappa shape index (κ3) is 61.6. The molecular weight excluding hydrogens is 927 g/mol. The van der Waals surface area contributed by atoms with Crippen molar-refractivity contribution in [2.24, 2.45) is 0 Å². The second kappa shape index (κ2) is 66.1. The van der Waals surface area contributed by atoms with Crippen LogP contribution in [0.3, 0.4) is 0 Å². The normalized spacial score (nSPS) is 13.6. The molecule has 0 aromatic carbocycles. The lowest BCUT2D eigenvalue weighted by molar-refractivity contribution is -0.123. The van der Waals surface area contributed by atoms with Crippen molar-refractivity contribution in [2.45, 2.75) is 321 Å². The predicted octanol–water partition coefficient (Wildman–Crippen LogP) is 22.4. The van der Waals surface area contributed by atoms with E-state index in [1.807, 2.05) is 6.08 Å². The van der Waals surface area contributed by atoms with Crippen LogP contribution in [0.15, 0.2) is 122 Å². The van der Waals surface area contributed by atoms with E-state index in [0.29, 0.717) is 6.42 Å². The van der Waals surface area contributed by atoms with E-state index in [4.69, 9.17) is 0 Å². The van der Waals surface area contributed by atoms with E-state index in [1.54, 1.807) is 6.08 Å². The molecule has 0 fully saturated rings. The number of nitrogens with one attached hydrogen (secondary N) is 1. The van der Waals surface area contributed by atoms with Gasteiger partial charge in [-0.3, -0.25) is 4.79 Å². The van der Waals surface area contributed by atoms with Crippen molar-refractivity contribution >= 4 is 5.91 Å². The molecule has 3 N–H and O–H groups in total. The van der Waals surface area contributed by atoms with Gasteiger partial charge in [0.2, 0.25) is 5.91 Å². The van der Waals surface area contributed by atoms with Gasteiger partial charge in [0.25, 0.3) is 0 Å². The van der Waals surface area contributed by atoms with Crippen molar-refractivity contribution in [3.63, 3.8) is 0 Å². The maximum absolute atomic E-state index is 12.5. The summed E-state index contributed by atoms with van der Waals surface area (Å²) >= 11 is 0. The number of carbonyl (C=O) groups excluding carboxylic acids is 1. The largest absolute Gasteiger partial charge is 0.394 e. The quantitative estimate of drug-likeness (QED) is 0.0420. The maximum Gasteiger partial charge on any atom is 0.220 e. The Morgan fingerprint density at radius 3 is 0.868 bits per heavy atom. The molecule has 4 nitrogen and oxygen atoms in total. The van der Waals surface area contributed by atoms with Crippen molar-refractivity contribution in [3.8, 4) is 0 Å². The molecule has 1 amide bonds. The van der Waals surface area contributed by atoms with Crippen LogP contribution in [-0.2, 0) is 4.79 Å². The van der Waals surface area contributed by atoms with Gasteiger partial charge < -0.3 is 15.5 Å². The lowest BCUT2D eigenvalue weighted by Gasteiger charge is -2.20. The summed E-state index contributed by atoms with van der Waals surface area (Å²) < 4.78 is 0. The van der Waals surface area contributed by atoms with Crippen LogP contribution < -0.4 is 5.32 Å². The van der Waals surface area contributed by atoms with Crippen LogP contribution in [0.4, 0.5) is 0 Å². The molecule has 2 atom stereocenters. The molecule has 2 unspecified atom stereocenters. The lowest BCUT2D eigenvalue weighted by Crippen LogP contribution is -2.45. The molecule has 76 heavy (non-hydrogen) atoms. The Labute approximate surface area is 473 Å². The Kier molecular flexibility index (Phi) is 63.3. The zero-order valence-electron chi connectivity index (χ0n) is 50.2. The van der Waals surface area contributed by atoms with Gasteiger partial charge in [0, 0.05) is 6.42 Å². The highest BCUT2D eigenvalue weighted by Gasteiger charge is 2.18. The Morgan fingerprint density at radius 2 is 0.579 bits per heavy atom. The van der Waals surface area contributed by atoms with E-state index in [0.717, 1.165) is 96.3 Å². The molecule has 436 valence electrons. The summed E-state index contributed by atoms with van der Waals surface area (Å²) in [4.78, 5) is 12.5. The fourth-order valence-corrected chi connectivity index (χ4v) is 9.53. The van der Waals surface area contributed by atoms with Crippen molar-refractivity contribution in [2.75, 3.05) is 6.61 Å². The molecule has 4 heteroatoms.